The molecule has 0 unspecified atom stereocenters. The van der Waals surface area contributed by atoms with Gasteiger partial charge in [0.05, 0.1) is 22.0 Å². The third kappa shape index (κ3) is 4.49. The maximum Gasteiger partial charge on any atom is 0.338 e. The highest BCUT2D eigenvalue weighted by atomic mass is 16.6. The molecule has 1 heterocycles. The molecule has 0 aliphatic heterocycles. The van der Waals surface area contributed by atoms with Gasteiger partial charge in [-0.25, -0.2) is 4.79 Å². The molecule has 0 fully saturated rings. The second-order valence-electron chi connectivity index (χ2n) is 6.63. The topological polar surface area (TPSA) is 130 Å². The number of hydrogen-bond acceptors (Lipinski definition) is 7. The molecule has 0 radical (unpaired) electrons. The lowest BCUT2D eigenvalue weighted by Crippen LogP contribution is -2.07. The fraction of sp³-hybridized carbons (Fsp3) is 0.200. The number of hydrogen-bond donors (Lipinski definition) is 0. The van der Waals surface area contributed by atoms with E-state index in [1.54, 1.807) is 42.8 Å². The van der Waals surface area contributed by atoms with Crippen molar-refractivity contribution in [3.8, 4) is 0 Å². The molecule has 0 aliphatic rings. The summed E-state index contributed by atoms with van der Waals surface area (Å²) < 4.78 is 6.79. The Morgan fingerprint density at radius 1 is 0.967 bits per heavy atom. The van der Waals surface area contributed by atoms with Crippen LogP contribution in [0.15, 0.2) is 48.5 Å². The van der Waals surface area contributed by atoms with E-state index < -0.39 is 15.8 Å². The highest BCUT2D eigenvalue weighted by molar-refractivity contribution is 5.89. The van der Waals surface area contributed by atoms with Crippen LogP contribution in [0.4, 0.5) is 11.4 Å². The predicted octanol–water partition coefficient (Wildman–Crippen LogP) is 3.72. The standard InChI is InChI=1S/C20H18N4O6/c1-13-19(24(28)29)14(2)22(21-13)11-15-3-7-17(8-4-15)20(25)30-12-16-5-9-18(10-6-16)23(26)27/h3-10H,11-12H2,1-2H3. The Morgan fingerprint density at radius 3 is 2.10 bits per heavy atom. The van der Waals surface area contributed by atoms with Crippen LogP contribution < -0.4 is 0 Å². The largest absolute Gasteiger partial charge is 0.457 e. The van der Waals surface area contributed by atoms with Crippen LogP contribution in [-0.2, 0) is 17.9 Å². The minimum Gasteiger partial charge on any atom is -0.457 e. The first-order valence-electron chi connectivity index (χ1n) is 8.94. The molecule has 30 heavy (non-hydrogen) atoms. The van der Waals surface area contributed by atoms with Crippen molar-refractivity contribution in [1.82, 2.24) is 9.78 Å². The fourth-order valence-corrected chi connectivity index (χ4v) is 2.97. The summed E-state index contributed by atoms with van der Waals surface area (Å²) in [7, 11) is 0. The quantitative estimate of drug-likeness (QED) is 0.329. The summed E-state index contributed by atoms with van der Waals surface area (Å²) in [6.07, 6.45) is 0. The lowest BCUT2D eigenvalue weighted by atomic mass is 10.1. The van der Waals surface area contributed by atoms with Gasteiger partial charge in [-0.05, 0) is 49.2 Å². The van der Waals surface area contributed by atoms with Crippen LogP contribution in [0.5, 0.6) is 0 Å². The Morgan fingerprint density at radius 2 is 1.57 bits per heavy atom. The van der Waals surface area contributed by atoms with Crippen LogP contribution in [0.2, 0.25) is 0 Å². The number of nitro groups is 2. The summed E-state index contributed by atoms with van der Waals surface area (Å²) in [5.74, 6) is -0.526. The van der Waals surface area contributed by atoms with E-state index >= 15 is 0 Å². The molecule has 1 aromatic heterocycles. The van der Waals surface area contributed by atoms with Crippen molar-refractivity contribution in [3.05, 3.63) is 96.8 Å². The number of nitrogens with zero attached hydrogens (tertiary/aromatic N) is 4. The Kier molecular flexibility index (Phi) is 5.86. The summed E-state index contributed by atoms with van der Waals surface area (Å²) in [6.45, 7) is 3.56. The number of nitro benzene ring substituents is 1. The van der Waals surface area contributed by atoms with E-state index in [2.05, 4.69) is 5.10 Å². The van der Waals surface area contributed by atoms with Crippen molar-refractivity contribution < 1.29 is 19.4 Å². The molecular formula is C20H18N4O6. The molecule has 0 spiro atoms. The molecule has 154 valence electrons. The molecule has 10 heteroatoms. The average molecular weight is 410 g/mol. The van der Waals surface area contributed by atoms with Gasteiger partial charge in [0.1, 0.15) is 18.0 Å². The molecule has 0 atom stereocenters. The van der Waals surface area contributed by atoms with Gasteiger partial charge >= 0.3 is 11.7 Å². The third-order valence-electron chi connectivity index (χ3n) is 4.56. The van der Waals surface area contributed by atoms with Crippen LogP contribution in [0.3, 0.4) is 0 Å². The van der Waals surface area contributed by atoms with E-state index in [4.69, 9.17) is 4.74 Å². The number of esters is 1. The van der Waals surface area contributed by atoms with E-state index in [9.17, 15) is 25.0 Å². The molecule has 10 nitrogen and oxygen atoms in total. The van der Waals surface area contributed by atoms with Crippen LogP contribution in [0.1, 0.15) is 32.9 Å². The molecule has 2 aromatic carbocycles. The van der Waals surface area contributed by atoms with Crippen LogP contribution in [0, 0.1) is 34.1 Å². The molecule has 0 N–H and O–H groups in total. The van der Waals surface area contributed by atoms with Gasteiger partial charge in [0.25, 0.3) is 5.69 Å². The summed E-state index contributed by atoms with van der Waals surface area (Å²) in [5, 5.41) is 26.0. The first kappa shape index (κ1) is 20.6. The number of rotatable bonds is 7. The summed E-state index contributed by atoms with van der Waals surface area (Å²) in [5.41, 5.74) is 2.59. The summed E-state index contributed by atoms with van der Waals surface area (Å²) in [4.78, 5) is 33.0. The van der Waals surface area contributed by atoms with Gasteiger partial charge in [-0.2, -0.15) is 5.10 Å². The minimum atomic E-state index is -0.526. The zero-order valence-corrected chi connectivity index (χ0v) is 16.3. The van der Waals surface area contributed by atoms with E-state index in [0.29, 0.717) is 29.1 Å². The second kappa shape index (κ2) is 8.52. The van der Waals surface area contributed by atoms with Gasteiger partial charge in [0.2, 0.25) is 0 Å². The van der Waals surface area contributed by atoms with E-state index in [1.165, 1.54) is 24.3 Å². The number of aromatic nitrogens is 2. The van der Waals surface area contributed by atoms with E-state index in [1.807, 2.05) is 0 Å². The molecule has 0 amide bonds. The van der Waals surface area contributed by atoms with Crippen molar-refractivity contribution in [2.45, 2.75) is 27.0 Å². The van der Waals surface area contributed by atoms with Crippen LogP contribution >= 0.6 is 0 Å². The fourth-order valence-electron chi connectivity index (χ4n) is 2.97. The number of ether oxygens (including phenoxy) is 1. The Bertz CT molecular complexity index is 1100. The SMILES string of the molecule is Cc1nn(Cc2ccc(C(=O)OCc3ccc([N+](=O)[O-])cc3)cc2)c(C)c1[N+](=O)[O-]. The van der Waals surface area contributed by atoms with Crippen molar-refractivity contribution in [3.63, 3.8) is 0 Å². The Hall–Kier alpha value is -4.08. The third-order valence-corrected chi connectivity index (χ3v) is 4.56. The molecular weight excluding hydrogens is 392 g/mol. The van der Waals surface area contributed by atoms with Crippen molar-refractivity contribution >= 4 is 17.3 Å². The summed E-state index contributed by atoms with van der Waals surface area (Å²) >= 11 is 0. The molecule has 0 saturated heterocycles. The maximum absolute atomic E-state index is 12.2. The molecule has 0 bridgehead atoms. The Labute approximate surface area is 171 Å². The van der Waals surface area contributed by atoms with Crippen molar-refractivity contribution in [2.24, 2.45) is 0 Å². The van der Waals surface area contributed by atoms with Crippen molar-refractivity contribution in [2.75, 3.05) is 0 Å². The van der Waals surface area contributed by atoms with Gasteiger partial charge in [-0.1, -0.05) is 12.1 Å². The highest BCUT2D eigenvalue weighted by Gasteiger charge is 2.21. The molecule has 0 saturated carbocycles. The molecule has 0 aliphatic carbocycles. The first-order chi connectivity index (χ1) is 14.3. The van der Waals surface area contributed by atoms with Gasteiger partial charge < -0.3 is 4.74 Å². The number of carbonyl (C=O) groups is 1. The normalized spacial score (nSPS) is 10.6. The lowest BCUT2D eigenvalue weighted by molar-refractivity contribution is -0.386. The number of aryl methyl sites for hydroxylation is 1. The first-order valence-corrected chi connectivity index (χ1v) is 8.94. The summed E-state index contributed by atoms with van der Waals surface area (Å²) in [6, 6.07) is 12.4. The minimum absolute atomic E-state index is 0.00134. The highest BCUT2D eigenvalue weighted by Crippen LogP contribution is 2.22. The monoisotopic (exact) mass is 410 g/mol. The van der Waals surface area contributed by atoms with Crippen LogP contribution in [0.25, 0.3) is 0 Å². The van der Waals surface area contributed by atoms with Gasteiger partial charge in [0.15, 0.2) is 0 Å². The Balaban J connectivity index is 1.62. The zero-order chi connectivity index (χ0) is 21.8. The lowest BCUT2D eigenvalue weighted by Gasteiger charge is -2.07. The van der Waals surface area contributed by atoms with Gasteiger partial charge in [0, 0.05) is 12.1 Å². The van der Waals surface area contributed by atoms with E-state index in [0.717, 1.165) is 5.56 Å². The van der Waals surface area contributed by atoms with Crippen molar-refractivity contribution in [1.29, 1.82) is 0 Å². The number of non-ortho nitro benzene ring substituents is 1. The molecule has 3 rings (SSSR count). The number of carbonyl (C=O) groups excluding carboxylic acids is 1. The van der Waals surface area contributed by atoms with E-state index in [-0.39, 0.29) is 18.0 Å². The average Bonchev–Trinajstić information content (AvgIpc) is 3.00. The number of benzene rings is 2. The molecule has 3 aromatic rings. The zero-order valence-electron chi connectivity index (χ0n) is 16.3. The second-order valence-corrected chi connectivity index (χ2v) is 6.63. The van der Waals surface area contributed by atoms with Gasteiger partial charge in [-0.15, -0.1) is 0 Å². The predicted molar refractivity (Wildman–Crippen MR) is 106 cm³/mol. The van der Waals surface area contributed by atoms with Crippen LogP contribution in [-0.4, -0.2) is 25.6 Å². The maximum atomic E-state index is 12.2. The van der Waals surface area contributed by atoms with Gasteiger partial charge in [-0.3, -0.25) is 24.9 Å². The smallest absolute Gasteiger partial charge is 0.338 e.